The van der Waals surface area contributed by atoms with Crippen LogP contribution in [0.1, 0.15) is 28.5 Å². The zero-order valence-corrected chi connectivity index (χ0v) is 15.4. The molecule has 0 amide bonds. The molecule has 0 radical (unpaired) electrons. The Labute approximate surface area is 156 Å². The van der Waals surface area contributed by atoms with Crippen molar-refractivity contribution in [2.45, 2.75) is 20.4 Å². The van der Waals surface area contributed by atoms with Gasteiger partial charge in [0.05, 0.1) is 18.0 Å². The summed E-state index contributed by atoms with van der Waals surface area (Å²) < 4.78 is 7.14. The zero-order chi connectivity index (χ0) is 19.4. The van der Waals surface area contributed by atoms with Crippen molar-refractivity contribution in [3.63, 3.8) is 0 Å². The van der Waals surface area contributed by atoms with E-state index < -0.39 is 5.97 Å². The number of ether oxygens (including phenoxy) is 1. The second-order valence-corrected chi connectivity index (χ2v) is 5.98. The summed E-state index contributed by atoms with van der Waals surface area (Å²) in [7, 11) is 1.87. The largest absolute Gasteiger partial charge is 0.493 e. The average Bonchev–Trinajstić information content (AvgIpc) is 2.98. The van der Waals surface area contributed by atoms with Gasteiger partial charge in [-0.25, -0.2) is 14.8 Å². The Hall–Kier alpha value is -3.42. The fourth-order valence-corrected chi connectivity index (χ4v) is 2.74. The van der Waals surface area contributed by atoms with Crippen LogP contribution in [0.5, 0.6) is 5.75 Å². The molecule has 27 heavy (non-hydrogen) atoms. The molecule has 0 saturated carbocycles. The van der Waals surface area contributed by atoms with E-state index in [9.17, 15) is 9.90 Å². The van der Waals surface area contributed by atoms with E-state index in [4.69, 9.17) is 4.74 Å². The maximum absolute atomic E-state index is 11.5. The third kappa shape index (κ3) is 4.22. The van der Waals surface area contributed by atoms with Crippen molar-refractivity contribution in [2.24, 2.45) is 7.05 Å². The van der Waals surface area contributed by atoms with Crippen molar-refractivity contribution in [1.82, 2.24) is 19.7 Å². The van der Waals surface area contributed by atoms with Gasteiger partial charge in [-0.05, 0) is 38.1 Å². The number of carboxylic acid groups (broad SMARTS) is 1. The number of aryl methyl sites for hydroxylation is 2. The molecule has 0 saturated heterocycles. The first-order valence-corrected chi connectivity index (χ1v) is 8.54. The van der Waals surface area contributed by atoms with E-state index in [0.717, 1.165) is 11.3 Å². The fraction of sp³-hybridized carbons (Fsp3) is 0.263. The molecule has 3 aromatic rings. The lowest BCUT2D eigenvalue weighted by atomic mass is 10.1. The number of benzene rings is 1. The molecule has 2 aromatic heterocycles. The van der Waals surface area contributed by atoms with Crippen LogP contribution in [-0.2, 0) is 13.6 Å². The maximum atomic E-state index is 11.5. The highest BCUT2D eigenvalue weighted by molar-refractivity contribution is 5.92. The highest BCUT2D eigenvalue weighted by Gasteiger charge is 2.14. The molecule has 140 valence electrons. The van der Waals surface area contributed by atoms with E-state index in [1.807, 2.05) is 27.1 Å². The molecule has 0 aliphatic rings. The molecule has 2 N–H and O–H groups in total. The molecule has 0 aliphatic carbocycles. The van der Waals surface area contributed by atoms with Gasteiger partial charge in [0.25, 0.3) is 0 Å². The Bertz CT molecular complexity index is 968. The Kier molecular flexibility index (Phi) is 5.35. The van der Waals surface area contributed by atoms with Crippen LogP contribution in [0, 0.1) is 6.92 Å². The molecule has 0 spiro atoms. The van der Waals surface area contributed by atoms with Crippen molar-refractivity contribution >= 4 is 11.9 Å². The third-order valence-corrected chi connectivity index (χ3v) is 4.01. The number of hydrogen-bond acceptors (Lipinski definition) is 6. The van der Waals surface area contributed by atoms with Crippen molar-refractivity contribution < 1.29 is 14.6 Å². The topological polar surface area (TPSA) is 102 Å². The van der Waals surface area contributed by atoms with E-state index in [0.29, 0.717) is 36.1 Å². The second-order valence-electron chi connectivity index (χ2n) is 5.98. The van der Waals surface area contributed by atoms with Crippen LogP contribution in [0.2, 0.25) is 0 Å². The first-order valence-electron chi connectivity index (χ1n) is 8.54. The standard InChI is InChI=1S/C19H21N5O3/c1-4-27-17-6-5-13(9-15(17)18(25)26)16-7-8-20-19(22-16)21-10-14-11-24(3)23-12(14)2/h5-9,11H,4,10H2,1-3H3,(H,25,26)(H,20,21,22). The fourth-order valence-electron chi connectivity index (χ4n) is 2.74. The summed E-state index contributed by atoms with van der Waals surface area (Å²) in [6.45, 7) is 4.70. The number of aromatic carboxylic acids is 1. The highest BCUT2D eigenvalue weighted by atomic mass is 16.5. The van der Waals surface area contributed by atoms with Crippen LogP contribution in [0.25, 0.3) is 11.3 Å². The Morgan fingerprint density at radius 2 is 2.15 bits per heavy atom. The van der Waals surface area contributed by atoms with E-state index in [1.54, 1.807) is 35.1 Å². The number of carboxylic acids is 1. The number of hydrogen-bond donors (Lipinski definition) is 2. The molecule has 8 nitrogen and oxygen atoms in total. The first-order chi connectivity index (χ1) is 13.0. The first kappa shape index (κ1) is 18.4. The van der Waals surface area contributed by atoms with Crippen molar-refractivity contribution in [2.75, 3.05) is 11.9 Å². The molecule has 3 rings (SSSR count). The van der Waals surface area contributed by atoms with E-state index in [2.05, 4.69) is 20.4 Å². The minimum Gasteiger partial charge on any atom is -0.493 e. The van der Waals surface area contributed by atoms with Gasteiger partial charge in [0.1, 0.15) is 11.3 Å². The lowest BCUT2D eigenvalue weighted by molar-refractivity contribution is 0.0692. The monoisotopic (exact) mass is 367 g/mol. The van der Waals surface area contributed by atoms with Crippen molar-refractivity contribution in [3.05, 3.63) is 53.5 Å². The van der Waals surface area contributed by atoms with E-state index >= 15 is 0 Å². The van der Waals surface area contributed by atoms with Crippen LogP contribution < -0.4 is 10.1 Å². The number of anilines is 1. The van der Waals surface area contributed by atoms with Gasteiger partial charge in [0.15, 0.2) is 0 Å². The SMILES string of the molecule is CCOc1ccc(-c2ccnc(NCc3cn(C)nc3C)n2)cc1C(=O)O. The average molecular weight is 367 g/mol. The van der Waals surface area contributed by atoms with Crippen LogP contribution >= 0.6 is 0 Å². The third-order valence-electron chi connectivity index (χ3n) is 4.01. The summed E-state index contributed by atoms with van der Waals surface area (Å²) in [4.78, 5) is 20.2. The van der Waals surface area contributed by atoms with E-state index in [1.165, 1.54) is 0 Å². The van der Waals surface area contributed by atoms with Gasteiger partial charge in [-0.2, -0.15) is 5.10 Å². The van der Waals surface area contributed by atoms with Crippen LogP contribution in [0.4, 0.5) is 5.95 Å². The predicted molar refractivity (Wildman–Crippen MR) is 101 cm³/mol. The number of nitrogens with one attached hydrogen (secondary N) is 1. The zero-order valence-electron chi connectivity index (χ0n) is 15.4. The molecule has 1 aromatic carbocycles. The Morgan fingerprint density at radius 3 is 2.81 bits per heavy atom. The van der Waals surface area contributed by atoms with Crippen molar-refractivity contribution in [3.8, 4) is 17.0 Å². The van der Waals surface area contributed by atoms with Crippen LogP contribution in [-0.4, -0.2) is 37.4 Å². The molecule has 0 atom stereocenters. The molecule has 0 unspecified atom stereocenters. The lowest BCUT2D eigenvalue weighted by Gasteiger charge is -2.10. The summed E-state index contributed by atoms with van der Waals surface area (Å²) >= 11 is 0. The minimum absolute atomic E-state index is 0.105. The Balaban J connectivity index is 1.83. The Morgan fingerprint density at radius 1 is 1.33 bits per heavy atom. The molecular weight excluding hydrogens is 346 g/mol. The molecule has 2 heterocycles. The molecule has 0 fully saturated rings. The maximum Gasteiger partial charge on any atom is 0.339 e. The van der Waals surface area contributed by atoms with Gasteiger partial charge in [-0.15, -0.1) is 0 Å². The number of nitrogens with zero attached hydrogens (tertiary/aromatic N) is 4. The summed E-state index contributed by atoms with van der Waals surface area (Å²) in [5.41, 5.74) is 3.41. The summed E-state index contributed by atoms with van der Waals surface area (Å²) in [6.07, 6.45) is 3.58. The van der Waals surface area contributed by atoms with Gasteiger partial charge < -0.3 is 15.2 Å². The van der Waals surface area contributed by atoms with Gasteiger partial charge >= 0.3 is 5.97 Å². The quantitative estimate of drug-likeness (QED) is 0.662. The lowest BCUT2D eigenvalue weighted by Crippen LogP contribution is -2.05. The van der Waals surface area contributed by atoms with Gasteiger partial charge in [0, 0.05) is 37.1 Å². The van der Waals surface area contributed by atoms with Crippen LogP contribution in [0.3, 0.4) is 0 Å². The molecule has 0 aliphatic heterocycles. The van der Waals surface area contributed by atoms with Gasteiger partial charge in [-0.1, -0.05) is 0 Å². The van der Waals surface area contributed by atoms with Gasteiger partial charge in [0.2, 0.25) is 5.95 Å². The van der Waals surface area contributed by atoms with Crippen molar-refractivity contribution in [1.29, 1.82) is 0 Å². The summed E-state index contributed by atoms with van der Waals surface area (Å²) in [5.74, 6) is -0.241. The molecule has 0 bridgehead atoms. The molecular formula is C19H21N5O3. The summed E-state index contributed by atoms with van der Waals surface area (Å²) in [5, 5.41) is 16.9. The summed E-state index contributed by atoms with van der Waals surface area (Å²) in [6, 6.07) is 6.73. The number of rotatable bonds is 7. The van der Waals surface area contributed by atoms with Gasteiger partial charge in [-0.3, -0.25) is 4.68 Å². The second kappa shape index (κ2) is 7.86. The smallest absolute Gasteiger partial charge is 0.339 e. The molecule has 8 heteroatoms. The predicted octanol–water partition coefficient (Wildman–Crippen LogP) is 2.89. The van der Waals surface area contributed by atoms with Crippen LogP contribution in [0.15, 0.2) is 36.7 Å². The van der Waals surface area contributed by atoms with E-state index in [-0.39, 0.29) is 5.56 Å². The number of carbonyl (C=O) groups is 1. The number of aromatic nitrogens is 4. The highest BCUT2D eigenvalue weighted by Crippen LogP contribution is 2.26. The normalized spacial score (nSPS) is 10.6. The minimum atomic E-state index is -1.04.